The number of nitrogens with zero attached hydrogens (tertiary/aromatic N) is 2. The third kappa shape index (κ3) is 5.36. The van der Waals surface area contributed by atoms with E-state index in [1.807, 2.05) is 0 Å². The number of aromatic nitrogens is 1. The number of hydrogen-bond acceptors (Lipinski definition) is 3. The summed E-state index contributed by atoms with van der Waals surface area (Å²) < 4.78 is 13.0. The lowest BCUT2D eigenvalue weighted by molar-refractivity contribution is 0.243. The maximum Gasteiger partial charge on any atom is 0.141 e. The number of nitrogens with one attached hydrogen (secondary N) is 1. The molecule has 0 amide bonds. The van der Waals surface area contributed by atoms with E-state index in [1.54, 1.807) is 6.07 Å². The molecule has 1 fully saturated rings. The first-order chi connectivity index (χ1) is 10.2. The molecule has 118 valence electrons. The van der Waals surface area contributed by atoms with Crippen LogP contribution in [0.15, 0.2) is 18.3 Å². The average molecular weight is 293 g/mol. The summed E-state index contributed by atoms with van der Waals surface area (Å²) in [5, 5.41) is 3.48. The monoisotopic (exact) mass is 293 g/mol. The van der Waals surface area contributed by atoms with Crippen molar-refractivity contribution in [2.45, 2.75) is 58.0 Å². The number of hydrogen-bond donors (Lipinski definition) is 1. The zero-order chi connectivity index (χ0) is 15.1. The summed E-state index contributed by atoms with van der Waals surface area (Å²) in [5.74, 6) is -0.267. The van der Waals surface area contributed by atoms with E-state index in [1.165, 1.54) is 44.5 Å². The lowest BCUT2D eigenvalue weighted by Crippen LogP contribution is -2.32. The van der Waals surface area contributed by atoms with Gasteiger partial charge in [0.2, 0.25) is 0 Å². The van der Waals surface area contributed by atoms with Gasteiger partial charge in [-0.3, -0.25) is 4.98 Å². The Labute approximate surface area is 127 Å². The molecule has 0 saturated heterocycles. The quantitative estimate of drug-likeness (QED) is 0.715. The van der Waals surface area contributed by atoms with Crippen LogP contribution in [-0.2, 0) is 0 Å². The maximum atomic E-state index is 13.0. The molecular formula is C17H28FN3. The predicted molar refractivity (Wildman–Crippen MR) is 84.7 cm³/mol. The fourth-order valence-electron chi connectivity index (χ4n) is 2.77. The molecule has 1 N–H and O–H groups in total. The molecule has 1 aliphatic carbocycles. The Morgan fingerprint density at radius 1 is 1.33 bits per heavy atom. The minimum Gasteiger partial charge on any atom is -0.309 e. The van der Waals surface area contributed by atoms with Crippen molar-refractivity contribution >= 4 is 0 Å². The molecule has 0 radical (unpaired) electrons. The molecule has 1 unspecified atom stereocenters. The molecule has 1 saturated carbocycles. The van der Waals surface area contributed by atoms with Crippen molar-refractivity contribution in [1.29, 1.82) is 0 Å². The lowest BCUT2D eigenvalue weighted by Gasteiger charge is -2.25. The van der Waals surface area contributed by atoms with Gasteiger partial charge in [-0.15, -0.1) is 0 Å². The van der Waals surface area contributed by atoms with E-state index >= 15 is 0 Å². The Morgan fingerprint density at radius 3 is 2.71 bits per heavy atom. The van der Waals surface area contributed by atoms with Crippen LogP contribution in [-0.4, -0.2) is 35.6 Å². The first kappa shape index (κ1) is 16.4. The summed E-state index contributed by atoms with van der Waals surface area (Å²) >= 11 is 0. The Bertz CT molecular complexity index is 403. The third-order valence-corrected chi connectivity index (χ3v) is 4.12. The summed E-state index contributed by atoms with van der Waals surface area (Å²) in [6, 6.07) is 4.33. The standard InChI is InChI=1S/C17H28FN3/c1-3-5-11-21(15-7-8-15)12-10-17(19-4-2)16-9-6-14(18)13-20-16/h6,9,13,15,17,19H,3-5,7-8,10-12H2,1-2H3. The molecule has 1 aliphatic rings. The fourth-order valence-corrected chi connectivity index (χ4v) is 2.77. The number of halogens is 1. The van der Waals surface area contributed by atoms with Gasteiger partial charge in [0.25, 0.3) is 0 Å². The normalized spacial score (nSPS) is 16.4. The zero-order valence-corrected chi connectivity index (χ0v) is 13.3. The Hall–Kier alpha value is -1.00. The molecular weight excluding hydrogens is 265 g/mol. The van der Waals surface area contributed by atoms with Gasteiger partial charge in [0.1, 0.15) is 5.82 Å². The van der Waals surface area contributed by atoms with Crippen LogP contribution >= 0.6 is 0 Å². The van der Waals surface area contributed by atoms with Crippen molar-refractivity contribution in [2.75, 3.05) is 19.6 Å². The van der Waals surface area contributed by atoms with E-state index in [9.17, 15) is 4.39 Å². The topological polar surface area (TPSA) is 28.2 Å². The van der Waals surface area contributed by atoms with E-state index in [0.717, 1.165) is 31.2 Å². The molecule has 2 rings (SSSR count). The van der Waals surface area contributed by atoms with E-state index in [0.29, 0.717) is 0 Å². The molecule has 1 aromatic heterocycles. The molecule has 1 aromatic rings. The number of rotatable bonds is 10. The maximum absolute atomic E-state index is 13.0. The molecule has 1 atom stereocenters. The van der Waals surface area contributed by atoms with Gasteiger partial charge in [0, 0.05) is 12.6 Å². The molecule has 21 heavy (non-hydrogen) atoms. The van der Waals surface area contributed by atoms with E-state index in [-0.39, 0.29) is 11.9 Å². The fraction of sp³-hybridized carbons (Fsp3) is 0.706. The van der Waals surface area contributed by atoms with E-state index in [2.05, 4.69) is 29.0 Å². The summed E-state index contributed by atoms with van der Waals surface area (Å²) in [6.07, 6.45) is 7.58. The van der Waals surface area contributed by atoms with Crippen molar-refractivity contribution in [3.8, 4) is 0 Å². The predicted octanol–water partition coefficient (Wildman–Crippen LogP) is 3.53. The highest BCUT2D eigenvalue weighted by molar-refractivity contribution is 5.10. The van der Waals surface area contributed by atoms with Crippen LogP contribution in [0.5, 0.6) is 0 Å². The first-order valence-electron chi connectivity index (χ1n) is 8.33. The highest BCUT2D eigenvalue weighted by Crippen LogP contribution is 2.28. The summed E-state index contributed by atoms with van der Waals surface area (Å²) in [7, 11) is 0. The second-order valence-corrected chi connectivity index (χ2v) is 5.92. The first-order valence-corrected chi connectivity index (χ1v) is 8.33. The van der Waals surface area contributed by atoms with Gasteiger partial charge in [0.05, 0.1) is 17.9 Å². The van der Waals surface area contributed by atoms with E-state index in [4.69, 9.17) is 0 Å². The second kappa shape index (κ2) is 8.44. The van der Waals surface area contributed by atoms with Crippen molar-refractivity contribution in [3.05, 3.63) is 29.8 Å². The average Bonchev–Trinajstić information content (AvgIpc) is 3.32. The van der Waals surface area contributed by atoms with Crippen molar-refractivity contribution < 1.29 is 4.39 Å². The minimum absolute atomic E-state index is 0.221. The van der Waals surface area contributed by atoms with Gasteiger partial charge in [0.15, 0.2) is 0 Å². The van der Waals surface area contributed by atoms with Crippen LogP contribution in [0, 0.1) is 5.82 Å². The van der Waals surface area contributed by atoms with Crippen LogP contribution in [0.1, 0.15) is 57.7 Å². The van der Waals surface area contributed by atoms with Crippen molar-refractivity contribution in [3.63, 3.8) is 0 Å². The molecule has 3 nitrogen and oxygen atoms in total. The summed E-state index contributed by atoms with van der Waals surface area (Å²) in [5.41, 5.74) is 0.949. The second-order valence-electron chi connectivity index (χ2n) is 5.92. The smallest absolute Gasteiger partial charge is 0.141 e. The zero-order valence-electron chi connectivity index (χ0n) is 13.3. The van der Waals surface area contributed by atoms with Crippen LogP contribution in [0.3, 0.4) is 0 Å². The summed E-state index contributed by atoms with van der Waals surface area (Å²) in [4.78, 5) is 6.86. The molecule has 0 spiro atoms. The van der Waals surface area contributed by atoms with E-state index < -0.39 is 0 Å². The molecule has 0 bridgehead atoms. The molecule has 0 aromatic carbocycles. The lowest BCUT2D eigenvalue weighted by atomic mass is 10.1. The van der Waals surface area contributed by atoms with Gasteiger partial charge < -0.3 is 10.2 Å². The van der Waals surface area contributed by atoms with Crippen molar-refractivity contribution in [1.82, 2.24) is 15.2 Å². The van der Waals surface area contributed by atoms with Gasteiger partial charge in [-0.1, -0.05) is 20.3 Å². The SMILES string of the molecule is CCCCN(CCC(NCC)c1ccc(F)cn1)C1CC1. The number of pyridine rings is 1. The minimum atomic E-state index is -0.267. The van der Waals surface area contributed by atoms with Gasteiger partial charge in [-0.05, 0) is 50.9 Å². The Morgan fingerprint density at radius 2 is 2.14 bits per heavy atom. The summed E-state index contributed by atoms with van der Waals surface area (Å²) in [6.45, 7) is 7.56. The Kier molecular flexibility index (Phi) is 6.58. The van der Waals surface area contributed by atoms with Crippen LogP contribution in [0.4, 0.5) is 4.39 Å². The van der Waals surface area contributed by atoms with Gasteiger partial charge in [-0.25, -0.2) is 4.39 Å². The highest BCUT2D eigenvalue weighted by Gasteiger charge is 2.28. The molecule has 1 heterocycles. The van der Waals surface area contributed by atoms with Crippen LogP contribution in [0.2, 0.25) is 0 Å². The molecule has 0 aliphatic heterocycles. The molecule has 4 heteroatoms. The van der Waals surface area contributed by atoms with Gasteiger partial charge in [-0.2, -0.15) is 0 Å². The van der Waals surface area contributed by atoms with Crippen molar-refractivity contribution in [2.24, 2.45) is 0 Å². The largest absolute Gasteiger partial charge is 0.309 e. The van der Waals surface area contributed by atoms with Crippen LogP contribution < -0.4 is 5.32 Å². The van der Waals surface area contributed by atoms with Gasteiger partial charge >= 0.3 is 0 Å². The Balaban J connectivity index is 1.90. The third-order valence-electron chi connectivity index (χ3n) is 4.12. The number of unbranched alkanes of at least 4 members (excludes halogenated alkanes) is 1. The van der Waals surface area contributed by atoms with Crippen LogP contribution in [0.25, 0.3) is 0 Å². The highest BCUT2D eigenvalue weighted by atomic mass is 19.1.